The molecule has 1 amide bonds. The van der Waals surface area contributed by atoms with E-state index in [1.807, 2.05) is 60.4 Å². The van der Waals surface area contributed by atoms with Gasteiger partial charge in [0, 0.05) is 30.5 Å². The van der Waals surface area contributed by atoms with Crippen LogP contribution in [0.4, 0.5) is 0 Å². The lowest BCUT2D eigenvalue weighted by Gasteiger charge is -2.38. The molecule has 3 aromatic rings. The minimum absolute atomic E-state index is 0.0606. The third-order valence-corrected chi connectivity index (χ3v) is 5.56. The molecule has 1 aromatic heterocycles. The fourth-order valence-corrected chi connectivity index (χ4v) is 4.15. The predicted octanol–water partition coefficient (Wildman–Crippen LogP) is 3.81. The summed E-state index contributed by atoms with van der Waals surface area (Å²) in [5.74, 6) is 1.57. The van der Waals surface area contributed by atoms with Crippen molar-refractivity contribution < 1.29 is 14.3 Å². The summed E-state index contributed by atoms with van der Waals surface area (Å²) < 4.78 is 13.7. The summed E-state index contributed by atoms with van der Waals surface area (Å²) >= 11 is 0. The summed E-state index contributed by atoms with van der Waals surface area (Å²) in [5.41, 5.74) is 3.90. The molecule has 1 atom stereocenters. The molecule has 0 bridgehead atoms. The van der Waals surface area contributed by atoms with Gasteiger partial charge in [0.1, 0.15) is 13.2 Å². The number of ether oxygens (including phenoxy) is 2. The van der Waals surface area contributed by atoms with Gasteiger partial charge in [-0.1, -0.05) is 24.3 Å². The summed E-state index contributed by atoms with van der Waals surface area (Å²) in [6, 6.07) is 17.8. The lowest BCUT2D eigenvalue weighted by molar-refractivity contribution is 0.0662. The summed E-state index contributed by atoms with van der Waals surface area (Å²) in [7, 11) is 0. The molecule has 2 aromatic carbocycles. The van der Waals surface area contributed by atoms with Gasteiger partial charge in [0.2, 0.25) is 0 Å². The molecule has 1 unspecified atom stereocenters. The number of carbonyl (C=O) groups is 1. The zero-order valence-electron chi connectivity index (χ0n) is 15.8. The first-order chi connectivity index (χ1) is 13.7. The number of aromatic nitrogens is 1. The van der Waals surface area contributed by atoms with Crippen molar-refractivity contribution in [1.29, 1.82) is 0 Å². The molecule has 2 aliphatic rings. The predicted molar refractivity (Wildman–Crippen MR) is 106 cm³/mol. The SMILES string of the molecule is Cc1ccccc1C(=O)N1CCn2cccc2C1c1ccc2c(c1)OCCO2. The van der Waals surface area contributed by atoms with Gasteiger partial charge in [0.15, 0.2) is 11.5 Å². The second-order valence-electron chi connectivity index (χ2n) is 7.25. The molecule has 0 N–H and O–H groups in total. The molecule has 3 heterocycles. The van der Waals surface area contributed by atoms with Crippen molar-refractivity contribution in [2.24, 2.45) is 0 Å². The van der Waals surface area contributed by atoms with Gasteiger partial charge in [-0.15, -0.1) is 0 Å². The Balaban J connectivity index is 1.59. The maximum Gasteiger partial charge on any atom is 0.255 e. The topological polar surface area (TPSA) is 43.7 Å². The molecule has 0 spiro atoms. The Morgan fingerprint density at radius 1 is 0.964 bits per heavy atom. The largest absolute Gasteiger partial charge is 0.486 e. The van der Waals surface area contributed by atoms with Crippen molar-refractivity contribution >= 4 is 5.91 Å². The number of hydrogen-bond donors (Lipinski definition) is 0. The standard InChI is InChI=1S/C23H22N2O3/c1-16-5-2-3-6-18(16)23(26)25-12-11-24-10-4-7-19(24)22(25)17-8-9-20-21(15-17)28-14-13-27-20/h2-10,15,22H,11-14H2,1H3. The monoisotopic (exact) mass is 374 g/mol. The maximum atomic E-state index is 13.5. The Hall–Kier alpha value is -3.21. The zero-order valence-corrected chi connectivity index (χ0v) is 15.8. The number of carbonyl (C=O) groups excluding carboxylic acids is 1. The normalized spacial score (nSPS) is 17.9. The van der Waals surface area contributed by atoms with Crippen LogP contribution < -0.4 is 9.47 Å². The third-order valence-electron chi connectivity index (χ3n) is 5.56. The Morgan fingerprint density at radius 2 is 1.79 bits per heavy atom. The third kappa shape index (κ3) is 2.74. The fourth-order valence-electron chi connectivity index (χ4n) is 4.15. The van der Waals surface area contributed by atoms with Gasteiger partial charge in [-0.2, -0.15) is 0 Å². The number of nitrogens with zero attached hydrogens (tertiary/aromatic N) is 2. The molecule has 2 aliphatic heterocycles. The van der Waals surface area contributed by atoms with E-state index in [0.29, 0.717) is 19.8 Å². The molecule has 142 valence electrons. The van der Waals surface area contributed by atoms with Crippen LogP contribution in [0.25, 0.3) is 0 Å². The van der Waals surface area contributed by atoms with Crippen LogP contribution >= 0.6 is 0 Å². The molecule has 0 aliphatic carbocycles. The Kier molecular flexibility index (Phi) is 4.08. The molecule has 0 fully saturated rings. The van der Waals surface area contributed by atoms with E-state index < -0.39 is 0 Å². The molecule has 0 saturated heterocycles. The minimum atomic E-state index is -0.160. The van der Waals surface area contributed by atoms with E-state index in [1.165, 1.54) is 0 Å². The lowest BCUT2D eigenvalue weighted by Crippen LogP contribution is -2.42. The molecule has 5 rings (SSSR count). The first-order valence-corrected chi connectivity index (χ1v) is 9.63. The van der Waals surface area contributed by atoms with Crippen molar-refractivity contribution in [3.05, 3.63) is 83.2 Å². The highest BCUT2D eigenvalue weighted by Crippen LogP contribution is 2.39. The Labute approximate surface area is 164 Å². The smallest absolute Gasteiger partial charge is 0.255 e. The van der Waals surface area contributed by atoms with Gasteiger partial charge < -0.3 is 18.9 Å². The fraction of sp³-hybridized carbons (Fsp3) is 0.261. The summed E-state index contributed by atoms with van der Waals surface area (Å²) in [6.07, 6.45) is 2.08. The number of benzene rings is 2. The van der Waals surface area contributed by atoms with Crippen LogP contribution in [0.1, 0.15) is 33.2 Å². The van der Waals surface area contributed by atoms with Gasteiger partial charge in [0.25, 0.3) is 5.91 Å². The molecule has 5 nitrogen and oxygen atoms in total. The summed E-state index contributed by atoms with van der Waals surface area (Å²) in [6.45, 7) is 4.55. The van der Waals surface area contributed by atoms with E-state index in [-0.39, 0.29) is 11.9 Å². The van der Waals surface area contributed by atoms with Crippen LogP contribution in [0.15, 0.2) is 60.8 Å². The first-order valence-electron chi connectivity index (χ1n) is 9.63. The van der Waals surface area contributed by atoms with E-state index in [1.54, 1.807) is 0 Å². The number of aryl methyl sites for hydroxylation is 1. The van der Waals surface area contributed by atoms with E-state index in [4.69, 9.17) is 9.47 Å². The van der Waals surface area contributed by atoms with Crippen LogP contribution in [-0.2, 0) is 6.54 Å². The van der Waals surface area contributed by atoms with Gasteiger partial charge in [0.05, 0.1) is 6.04 Å². The Bertz CT molecular complexity index is 1040. The quantitative estimate of drug-likeness (QED) is 0.685. The second kappa shape index (κ2) is 6.75. The lowest BCUT2D eigenvalue weighted by atomic mass is 9.97. The van der Waals surface area contributed by atoms with Crippen LogP contribution in [0.3, 0.4) is 0 Å². The van der Waals surface area contributed by atoms with Gasteiger partial charge in [-0.05, 0) is 48.4 Å². The first kappa shape index (κ1) is 16.9. The van der Waals surface area contributed by atoms with Gasteiger partial charge in [-0.3, -0.25) is 4.79 Å². The molecular formula is C23H22N2O3. The van der Waals surface area contributed by atoms with Crippen molar-refractivity contribution in [2.75, 3.05) is 19.8 Å². The van der Waals surface area contributed by atoms with Crippen molar-refractivity contribution in [2.45, 2.75) is 19.5 Å². The highest BCUT2D eigenvalue weighted by atomic mass is 16.6. The summed E-state index contributed by atoms with van der Waals surface area (Å²) in [4.78, 5) is 15.5. The Morgan fingerprint density at radius 3 is 2.64 bits per heavy atom. The average molecular weight is 374 g/mol. The highest BCUT2D eigenvalue weighted by Gasteiger charge is 2.33. The second-order valence-corrected chi connectivity index (χ2v) is 7.25. The van der Waals surface area contributed by atoms with Crippen molar-refractivity contribution in [3.8, 4) is 11.5 Å². The number of hydrogen-bond acceptors (Lipinski definition) is 3. The van der Waals surface area contributed by atoms with Crippen LogP contribution in [0.2, 0.25) is 0 Å². The highest BCUT2D eigenvalue weighted by molar-refractivity contribution is 5.96. The van der Waals surface area contributed by atoms with Crippen molar-refractivity contribution in [3.63, 3.8) is 0 Å². The van der Waals surface area contributed by atoms with E-state index in [0.717, 1.165) is 40.4 Å². The van der Waals surface area contributed by atoms with Crippen LogP contribution in [0, 0.1) is 6.92 Å². The van der Waals surface area contributed by atoms with E-state index in [9.17, 15) is 4.79 Å². The minimum Gasteiger partial charge on any atom is -0.486 e. The van der Waals surface area contributed by atoms with Gasteiger partial charge >= 0.3 is 0 Å². The average Bonchev–Trinajstić information content (AvgIpc) is 3.21. The molecule has 0 saturated carbocycles. The van der Waals surface area contributed by atoms with E-state index >= 15 is 0 Å². The number of fused-ring (bicyclic) bond motifs is 2. The molecule has 5 heteroatoms. The molecule has 0 radical (unpaired) electrons. The number of rotatable bonds is 2. The summed E-state index contributed by atoms with van der Waals surface area (Å²) in [5, 5.41) is 0. The maximum absolute atomic E-state index is 13.5. The van der Waals surface area contributed by atoms with E-state index in [2.05, 4.69) is 16.8 Å². The van der Waals surface area contributed by atoms with Crippen molar-refractivity contribution in [1.82, 2.24) is 9.47 Å². The van der Waals surface area contributed by atoms with Gasteiger partial charge in [-0.25, -0.2) is 0 Å². The number of amides is 1. The molecule has 28 heavy (non-hydrogen) atoms. The van der Waals surface area contributed by atoms with Crippen LogP contribution in [0.5, 0.6) is 11.5 Å². The zero-order chi connectivity index (χ0) is 19.1. The van der Waals surface area contributed by atoms with Crippen LogP contribution in [-0.4, -0.2) is 35.1 Å². The molecular weight excluding hydrogens is 352 g/mol.